The molecule has 0 saturated carbocycles. The first-order chi connectivity index (χ1) is 16.5. The molecule has 0 aliphatic heterocycles. The van der Waals surface area contributed by atoms with Gasteiger partial charge in [0, 0.05) is 17.2 Å². The lowest BCUT2D eigenvalue weighted by atomic mass is 9.90. The molecule has 4 rings (SSSR count). The normalized spacial score (nSPS) is 15.6. The fourth-order valence-corrected chi connectivity index (χ4v) is 4.20. The van der Waals surface area contributed by atoms with Gasteiger partial charge in [0.25, 0.3) is 0 Å². The molecule has 1 N–H and O–H groups in total. The van der Waals surface area contributed by atoms with Crippen molar-refractivity contribution in [2.75, 3.05) is 6.61 Å². The first kappa shape index (κ1) is 23.8. The van der Waals surface area contributed by atoms with Crippen molar-refractivity contribution in [3.63, 3.8) is 0 Å². The van der Waals surface area contributed by atoms with Crippen molar-refractivity contribution >= 4 is 5.57 Å². The second-order valence-corrected chi connectivity index (χ2v) is 8.50. The van der Waals surface area contributed by atoms with Gasteiger partial charge in [0.2, 0.25) is 0 Å². The Kier molecular flexibility index (Phi) is 7.53. The molecule has 2 nitrogen and oxygen atoms in total. The summed E-state index contributed by atoms with van der Waals surface area (Å²) < 4.78 is 49.3. The highest BCUT2D eigenvalue weighted by Gasteiger charge is 2.19. The number of halogens is 3. The van der Waals surface area contributed by atoms with Crippen molar-refractivity contribution in [3.8, 4) is 16.9 Å². The molecule has 176 valence electrons. The highest BCUT2D eigenvalue weighted by molar-refractivity contribution is 5.67. The van der Waals surface area contributed by atoms with Gasteiger partial charge in [0.1, 0.15) is 18.2 Å². The van der Waals surface area contributed by atoms with E-state index < -0.39 is 17.7 Å². The van der Waals surface area contributed by atoms with Crippen molar-refractivity contribution in [1.82, 2.24) is 0 Å². The second kappa shape index (κ2) is 10.7. The average Bonchev–Trinajstić information content (AvgIpc) is 2.85. The molecule has 0 fully saturated rings. The Morgan fingerprint density at radius 2 is 1.71 bits per heavy atom. The van der Waals surface area contributed by atoms with Crippen molar-refractivity contribution in [2.24, 2.45) is 0 Å². The maximum absolute atomic E-state index is 14.7. The predicted molar refractivity (Wildman–Crippen MR) is 129 cm³/mol. The smallest absolute Gasteiger partial charge is 0.166 e. The van der Waals surface area contributed by atoms with Gasteiger partial charge in [-0.2, -0.15) is 0 Å². The Morgan fingerprint density at radius 3 is 2.38 bits per heavy atom. The van der Waals surface area contributed by atoms with Crippen LogP contribution >= 0.6 is 0 Å². The van der Waals surface area contributed by atoms with Gasteiger partial charge in [-0.25, -0.2) is 13.2 Å². The Labute approximate surface area is 198 Å². The highest BCUT2D eigenvalue weighted by Crippen LogP contribution is 2.31. The molecule has 0 bridgehead atoms. The van der Waals surface area contributed by atoms with Crippen molar-refractivity contribution in [3.05, 3.63) is 107 Å². The largest absolute Gasteiger partial charge is 0.489 e. The van der Waals surface area contributed by atoms with E-state index in [1.807, 2.05) is 24.3 Å². The number of allylic oxidation sites excluding steroid dienone is 1. The van der Waals surface area contributed by atoms with Gasteiger partial charge < -0.3 is 9.84 Å². The number of hydrogen-bond donors (Lipinski definition) is 1. The summed E-state index contributed by atoms with van der Waals surface area (Å²) in [5.41, 5.74) is 3.48. The molecule has 3 aromatic rings. The van der Waals surface area contributed by atoms with Crippen LogP contribution in [0.2, 0.25) is 0 Å². The Hall–Kier alpha value is -3.31. The molecule has 0 saturated heterocycles. The van der Waals surface area contributed by atoms with E-state index in [2.05, 4.69) is 6.58 Å². The van der Waals surface area contributed by atoms with Crippen LogP contribution in [0.1, 0.15) is 36.0 Å². The number of aryl methyl sites for hydroxylation is 2. The zero-order valence-electron chi connectivity index (χ0n) is 18.9. The topological polar surface area (TPSA) is 29.5 Å². The molecule has 0 amide bonds. The van der Waals surface area contributed by atoms with Crippen LogP contribution < -0.4 is 4.74 Å². The van der Waals surface area contributed by atoms with Gasteiger partial charge in [-0.05, 0) is 66.5 Å². The predicted octanol–water partition coefficient (Wildman–Crippen LogP) is 7.05. The van der Waals surface area contributed by atoms with Crippen LogP contribution in [0.25, 0.3) is 16.7 Å². The summed E-state index contributed by atoms with van der Waals surface area (Å²) >= 11 is 0. The van der Waals surface area contributed by atoms with E-state index in [1.54, 1.807) is 36.4 Å². The lowest BCUT2D eigenvalue weighted by molar-refractivity contribution is 0.166. The third-order valence-electron chi connectivity index (χ3n) is 6.15. The van der Waals surface area contributed by atoms with E-state index in [0.717, 1.165) is 16.7 Å². The maximum atomic E-state index is 14.7. The summed E-state index contributed by atoms with van der Waals surface area (Å²) in [5, 5.41) is 9.62. The number of rotatable bonds is 8. The minimum absolute atomic E-state index is 0.278. The molecule has 0 spiro atoms. The van der Waals surface area contributed by atoms with Crippen LogP contribution in [-0.4, -0.2) is 17.8 Å². The Morgan fingerprint density at radius 1 is 0.941 bits per heavy atom. The molecule has 1 atom stereocenters. The zero-order valence-corrected chi connectivity index (χ0v) is 18.9. The van der Waals surface area contributed by atoms with Crippen LogP contribution in [-0.2, 0) is 12.8 Å². The van der Waals surface area contributed by atoms with E-state index in [4.69, 9.17) is 4.74 Å². The first-order valence-corrected chi connectivity index (χ1v) is 11.4. The molecule has 1 aliphatic carbocycles. The fraction of sp³-hybridized carbons (Fsp3) is 0.241. The van der Waals surface area contributed by atoms with Crippen molar-refractivity contribution in [2.45, 2.75) is 38.2 Å². The van der Waals surface area contributed by atoms with Gasteiger partial charge in [0.15, 0.2) is 11.6 Å². The van der Waals surface area contributed by atoms with Crippen molar-refractivity contribution < 1.29 is 23.0 Å². The lowest BCUT2D eigenvalue weighted by Gasteiger charge is -2.18. The average molecular weight is 465 g/mol. The molecule has 5 heteroatoms. The summed E-state index contributed by atoms with van der Waals surface area (Å²) in [6, 6.07) is 15.4. The van der Waals surface area contributed by atoms with E-state index in [9.17, 15) is 18.3 Å². The van der Waals surface area contributed by atoms with Crippen molar-refractivity contribution in [1.29, 1.82) is 0 Å². The Bertz CT molecular complexity index is 1200. The van der Waals surface area contributed by atoms with E-state index in [-0.39, 0.29) is 11.4 Å². The molecule has 3 aromatic carbocycles. The molecule has 0 heterocycles. The summed E-state index contributed by atoms with van der Waals surface area (Å²) in [4.78, 5) is 0. The molecule has 1 unspecified atom stereocenters. The zero-order chi connectivity index (χ0) is 24.1. The van der Waals surface area contributed by atoms with E-state index in [0.29, 0.717) is 55.6 Å². The summed E-state index contributed by atoms with van der Waals surface area (Å²) in [6.45, 7) is 3.88. The van der Waals surface area contributed by atoms with Gasteiger partial charge in [-0.1, -0.05) is 55.1 Å². The molecule has 0 aromatic heterocycles. The fourth-order valence-electron chi connectivity index (χ4n) is 4.20. The molecular formula is C29H27F3O2. The summed E-state index contributed by atoms with van der Waals surface area (Å²) in [5.74, 6) is -1.58. The molecule has 1 aliphatic rings. The third-order valence-corrected chi connectivity index (χ3v) is 6.15. The third kappa shape index (κ3) is 5.42. The van der Waals surface area contributed by atoms with Gasteiger partial charge in [-0.3, -0.25) is 0 Å². The van der Waals surface area contributed by atoms with E-state index >= 15 is 0 Å². The number of hydrogen-bond acceptors (Lipinski definition) is 2. The minimum Gasteiger partial charge on any atom is -0.489 e. The monoisotopic (exact) mass is 464 g/mol. The van der Waals surface area contributed by atoms with Gasteiger partial charge in [-0.15, -0.1) is 0 Å². The SMILES string of the molecule is C=CCOc1ccc(-c2ccc(CCc3ccc(C4=CCC(O)CC4)c(F)c3F)cc2)c(F)c1. The van der Waals surface area contributed by atoms with Crippen LogP contribution in [0, 0.1) is 17.5 Å². The number of aliphatic hydroxyl groups is 1. The second-order valence-electron chi connectivity index (χ2n) is 8.50. The lowest BCUT2D eigenvalue weighted by Crippen LogP contribution is -2.11. The van der Waals surface area contributed by atoms with E-state index in [1.165, 1.54) is 6.07 Å². The minimum atomic E-state index is -0.827. The van der Waals surface area contributed by atoms with Crippen LogP contribution in [0.3, 0.4) is 0 Å². The first-order valence-electron chi connectivity index (χ1n) is 11.4. The van der Waals surface area contributed by atoms with Crippen LogP contribution in [0.5, 0.6) is 5.75 Å². The molecule has 34 heavy (non-hydrogen) atoms. The summed E-state index contributed by atoms with van der Waals surface area (Å²) in [7, 11) is 0. The van der Waals surface area contributed by atoms with Crippen LogP contribution in [0.15, 0.2) is 73.3 Å². The highest BCUT2D eigenvalue weighted by atomic mass is 19.2. The summed E-state index contributed by atoms with van der Waals surface area (Å²) in [6.07, 6.45) is 5.42. The number of aliphatic hydroxyl groups excluding tert-OH is 1. The van der Waals surface area contributed by atoms with Crippen LogP contribution in [0.4, 0.5) is 13.2 Å². The number of ether oxygens (including phenoxy) is 1. The number of benzene rings is 3. The molecular weight excluding hydrogens is 437 g/mol. The molecule has 0 radical (unpaired) electrons. The maximum Gasteiger partial charge on any atom is 0.166 e. The standard InChI is InChI=1S/C29H27F3O2/c1-2-17-34-24-14-16-25(27(30)18-24)20-6-3-19(4-7-20)5-8-22-11-15-26(29(32)28(22)31)21-9-12-23(33)13-10-21/h2-4,6-7,9,11,14-16,18,23,33H,1,5,8,10,12-13,17H2. The van der Waals surface area contributed by atoms with Gasteiger partial charge >= 0.3 is 0 Å². The Balaban J connectivity index is 1.43. The quantitative estimate of drug-likeness (QED) is 0.362. The van der Waals surface area contributed by atoms with Gasteiger partial charge in [0.05, 0.1) is 6.10 Å².